The summed E-state index contributed by atoms with van der Waals surface area (Å²) in [6.07, 6.45) is 2.10. The van der Waals surface area contributed by atoms with Gasteiger partial charge in [-0.05, 0) is 24.5 Å². The molecular formula is C17H19NO4S. The van der Waals surface area contributed by atoms with Gasteiger partial charge in [0.2, 0.25) is 0 Å². The van der Waals surface area contributed by atoms with Gasteiger partial charge in [-0.25, -0.2) is 8.42 Å². The van der Waals surface area contributed by atoms with Gasteiger partial charge in [-0.2, -0.15) is 0 Å². The molecule has 0 aliphatic carbocycles. The van der Waals surface area contributed by atoms with Crippen molar-refractivity contribution in [2.24, 2.45) is 0 Å². The average Bonchev–Trinajstić information content (AvgIpc) is 2.62. The normalized spacial score (nSPS) is 18.7. The summed E-state index contributed by atoms with van der Waals surface area (Å²) >= 11 is 0. The topological polar surface area (TPSA) is 64.6 Å². The number of hydrogen-bond donors (Lipinski definition) is 1. The maximum atomic E-state index is 12.6. The van der Waals surface area contributed by atoms with Gasteiger partial charge in [-0.3, -0.25) is 4.84 Å². The predicted octanol–water partition coefficient (Wildman–Crippen LogP) is 3.09. The molecule has 1 unspecified atom stereocenters. The van der Waals surface area contributed by atoms with Gasteiger partial charge in [0.15, 0.2) is 6.29 Å². The lowest BCUT2D eigenvalue weighted by molar-refractivity contribution is -0.179. The molecule has 122 valence electrons. The van der Waals surface area contributed by atoms with Crippen LogP contribution in [0.15, 0.2) is 59.5 Å². The van der Waals surface area contributed by atoms with Crippen molar-refractivity contribution in [3.8, 4) is 11.1 Å². The Hall–Kier alpha value is -1.73. The quantitative estimate of drug-likeness (QED) is 0.854. The first-order valence-corrected chi connectivity index (χ1v) is 9.09. The highest BCUT2D eigenvalue weighted by atomic mass is 32.2. The summed E-state index contributed by atoms with van der Waals surface area (Å²) in [5.74, 6) is 0. The van der Waals surface area contributed by atoms with E-state index in [9.17, 15) is 8.42 Å². The highest BCUT2D eigenvalue weighted by Gasteiger charge is 2.22. The number of ether oxygens (including phenoxy) is 1. The maximum absolute atomic E-state index is 12.6. The minimum Gasteiger partial charge on any atom is -0.351 e. The molecule has 1 fully saturated rings. The summed E-state index contributed by atoms with van der Waals surface area (Å²) in [5.41, 5.74) is 1.47. The van der Waals surface area contributed by atoms with Crippen LogP contribution in [0, 0.1) is 0 Å². The number of benzene rings is 2. The van der Waals surface area contributed by atoms with Crippen molar-refractivity contribution in [1.82, 2.24) is 4.89 Å². The molecule has 23 heavy (non-hydrogen) atoms. The lowest BCUT2D eigenvalue weighted by atomic mass is 10.1. The summed E-state index contributed by atoms with van der Waals surface area (Å²) in [5, 5.41) is 0. The Balaban J connectivity index is 1.82. The van der Waals surface area contributed by atoms with Gasteiger partial charge in [-0.1, -0.05) is 53.4 Å². The van der Waals surface area contributed by atoms with Gasteiger partial charge >= 0.3 is 0 Å². The van der Waals surface area contributed by atoms with Crippen LogP contribution in [0.5, 0.6) is 0 Å². The lowest BCUT2D eigenvalue weighted by Crippen LogP contribution is -2.33. The first-order valence-electron chi connectivity index (χ1n) is 7.60. The van der Waals surface area contributed by atoms with Crippen LogP contribution in [0.3, 0.4) is 0 Å². The van der Waals surface area contributed by atoms with Crippen LogP contribution in [0.25, 0.3) is 11.1 Å². The van der Waals surface area contributed by atoms with Crippen LogP contribution in [0.1, 0.15) is 19.3 Å². The monoisotopic (exact) mass is 333 g/mol. The zero-order valence-corrected chi connectivity index (χ0v) is 13.5. The van der Waals surface area contributed by atoms with Gasteiger partial charge < -0.3 is 4.74 Å². The lowest BCUT2D eigenvalue weighted by Gasteiger charge is -2.22. The molecule has 2 aromatic rings. The molecule has 3 rings (SSSR count). The van der Waals surface area contributed by atoms with Crippen LogP contribution >= 0.6 is 0 Å². The van der Waals surface area contributed by atoms with Gasteiger partial charge in [0.25, 0.3) is 10.0 Å². The molecule has 5 nitrogen and oxygen atoms in total. The third-order valence-corrected chi connectivity index (χ3v) is 4.94. The standard InChI is InChI=1S/C17H19NO4S/c19-23(20,18-22-17-12-6-7-13-21-17)16-11-5-4-10-15(16)14-8-2-1-3-9-14/h1-5,8-11,17-18H,6-7,12-13H2. The molecule has 0 saturated carbocycles. The maximum Gasteiger partial charge on any atom is 0.263 e. The second-order valence-corrected chi connectivity index (χ2v) is 6.98. The summed E-state index contributed by atoms with van der Waals surface area (Å²) in [7, 11) is -3.79. The molecular weight excluding hydrogens is 314 g/mol. The van der Waals surface area contributed by atoms with E-state index < -0.39 is 16.3 Å². The van der Waals surface area contributed by atoms with E-state index in [1.165, 1.54) is 0 Å². The Bertz CT molecular complexity index is 740. The first-order chi connectivity index (χ1) is 11.2. The molecule has 1 N–H and O–H groups in total. The van der Waals surface area contributed by atoms with Crippen molar-refractivity contribution < 1.29 is 18.0 Å². The predicted molar refractivity (Wildman–Crippen MR) is 86.9 cm³/mol. The minimum atomic E-state index is -3.79. The third kappa shape index (κ3) is 3.97. The second-order valence-electron chi connectivity index (χ2n) is 5.36. The number of rotatable bonds is 5. The smallest absolute Gasteiger partial charge is 0.263 e. The van der Waals surface area contributed by atoms with E-state index in [-0.39, 0.29) is 4.90 Å². The molecule has 2 aromatic carbocycles. The molecule has 1 atom stereocenters. The Morgan fingerprint density at radius 2 is 1.74 bits per heavy atom. The van der Waals surface area contributed by atoms with E-state index in [2.05, 4.69) is 4.89 Å². The minimum absolute atomic E-state index is 0.182. The fraction of sp³-hybridized carbons (Fsp3) is 0.294. The third-order valence-electron chi connectivity index (χ3n) is 3.69. The fourth-order valence-corrected chi connectivity index (χ4v) is 3.58. The summed E-state index contributed by atoms with van der Waals surface area (Å²) in [4.78, 5) is 7.62. The molecule has 0 bridgehead atoms. The van der Waals surface area contributed by atoms with Gasteiger partial charge in [0, 0.05) is 18.6 Å². The molecule has 1 saturated heterocycles. The van der Waals surface area contributed by atoms with Gasteiger partial charge in [0.05, 0.1) is 4.90 Å². The van der Waals surface area contributed by atoms with Crippen molar-refractivity contribution in [3.05, 3.63) is 54.6 Å². The van der Waals surface area contributed by atoms with E-state index in [1.807, 2.05) is 36.4 Å². The molecule has 6 heteroatoms. The highest BCUT2D eigenvalue weighted by molar-refractivity contribution is 7.89. The Labute approximate surface area is 136 Å². The summed E-state index contributed by atoms with van der Waals surface area (Å²) in [6, 6.07) is 16.2. The van der Waals surface area contributed by atoms with Gasteiger partial charge in [0.1, 0.15) is 0 Å². The number of hydrogen-bond acceptors (Lipinski definition) is 4. The summed E-state index contributed by atoms with van der Waals surface area (Å²) in [6.45, 7) is 0.590. The van der Waals surface area contributed by atoms with Gasteiger partial charge in [-0.15, -0.1) is 0 Å². The fourth-order valence-electron chi connectivity index (χ4n) is 2.52. The molecule has 1 heterocycles. The van der Waals surface area contributed by atoms with Crippen LogP contribution in [-0.4, -0.2) is 21.3 Å². The second kappa shape index (κ2) is 7.23. The van der Waals surface area contributed by atoms with Crippen LogP contribution < -0.4 is 4.89 Å². The zero-order chi connectivity index (χ0) is 16.1. The van der Waals surface area contributed by atoms with Crippen molar-refractivity contribution in [2.45, 2.75) is 30.4 Å². The highest BCUT2D eigenvalue weighted by Crippen LogP contribution is 2.27. The molecule has 0 aromatic heterocycles. The van der Waals surface area contributed by atoms with Crippen molar-refractivity contribution >= 4 is 10.0 Å². The first kappa shape index (κ1) is 16.1. The van der Waals surface area contributed by atoms with Crippen LogP contribution in [0.4, 0.5) is 0 Å². The molecule has 0 spiro atoms. The van der Waals surface area contributed by atoms with Crippen molar-refractivity contribution in [1.29, 1.82) is 0 Å². The van der Waals surface area contributed by atoms with Crippen molar-refractivity contribution in [2.75, 3.05) is 6.61 Å². The van der Waals surface area contributed by atoms with Crippen LogP contribution in [-0.2, 0) is 19.6 Å². The largest absolute Gasteiger partial charge is 0.351 e. The Kier molecular flexibility index (Phi) is 5.07. The average molecular weight is 333 g/mol. The Morgan fingerprint density at radius 1 is 1.00 bits per heavy atom. The Morgan fingerprint density at radius 3 is 2.48 bits per heavy atom. The van der Waals surface area contributed by atoms with E-state index in [0.29, 0.717) is 18.6 Å². The number of sulfonamides is 1. The molecule has 1 aliphatic rings. The molecule has 0 radical (unpaired) electrons. The van der Waals surface area contributed by atoms with E-state index in [1.54, 1.807) is 18.2 Å². The van der Waals surface area contributed by atoms with Crippen LogP contribution in [0.2, 0.25) is 0 Å². The van der Waals surface area contributed by atoms with E-state index in [0.717, 1.165) is 18.4 Å². The summed E-state index contributed by atoms with van der Waals surface area (Å²) < 4.78 is 30.5. The van der Waals surface area contributed by atoms with Crippen molar-refractivity contribution in [3.63, 3.8) is 0 Å². The van der Waals surface area contributed by atoms with E-state index >= 15 is 0 Å². The zero-order valence-electron chi connectivity index (χ0n) is 12.6. The number of nitrogens with one attached hydrogen (secondary N) is 1. The molecule has 0 amide bonds. The van der Waals surface area contributed by atoms with E-state index in [4.69, 9.17) is 9.57 Å². The SMILES string of the molecule is O=S(=O)(NOC1CCCCO1)c1ccccc1-c1ccccc1. The molecule has 1 aliphatic heterocycles.